The lowest BCUT2D eigenvalue weighted by Crippen LogP contribution is -2.44. The number of nitrogens with zero attached hydrogens (tertiary/aromatic N) is 2. The summed E-state index contributed by atoms with van der Waals surface area (Å²) in [5, 5.41) is 19.3. The quantitative estimate of drug-likeness (QED) is 0.596. The zero-order valence-electron chi connectivity index (χ0n) is 12.8. The number of hydrogen-bond donors (Lipinski definition) is 3. The minimum atomic E-state index is -3.23. The third kappa shape index (κ3) is 2.54. The summed E-state index contributed by atoms with van der Waals surface area (Å²) in [6.07, 6.45) is -6.38. The van der Waals surface area contributed by atoms with Gasteiger partial charge in [-0.2, -0.15) is 4.98 Å². The summed E-state index contributed by atoms with van der Waals surface area (Å²) in [7, 11) is 0. The predicted octanol–water partition coefficient (Wildman–Crippen LogP) is -1.10. The second kappa shape index (κ2) is 5.96. The van der Waals surface area contributed by atoms with Gasteiger partial charge in [0.1, 0.15) is 18.9 Å². The van der Waals surface area contributed by atoms with Gasteiger partial charge in [0, 0.05) is 0 Å². The maximum atomic E-state index is 15.1. The molecular weight excluding hydrogens is 307 g/mol. The van der Waals surface area contributed by atoms with E-state index in [1.165, 1.54) is 0 Å². The van der Waals surface area contributed by atoms with Gasteiger partial charge in [0.05, 0.1) is 15.5 Å². The summed E-state index contributed by atoms with van der Waals surface area (Å²) in [6, 6.07) is 0. The first-order valence-electron chi connectivity index (χ1n) is 6.87. The van der Waals surface area contributed by atoms with Gasteiger partial charge in [-0.25, -0.2) is 18.0 Å². The highest BCUT2D eigenvalue weighted by Crippen LogP contribution is 2.40. The highest BCUT2D eigenvalue weighted by atomic mass is 19.1. The predicted molar refractivity (Wildman–Crippen MR) is 67.5 cm³/mol. The number of aliphatic hydroxyl groups is 2. The number of alkyl halides is 2. The third-order valence-corrected chi connectivity index (χ3v) is 3.01. The molecule has 1 fully saturated rings. The highest BCUT2D eigenvalue weighted by Gasteiger charge is 2.58. The highest BCUT2D eigenvalue weighted by molar-refractivity contribution is 5.28. The molecule has 10 heteroatoms. The van der Waals surface area contributed by atoms with E-state index in [1.807, 2.05) is 0 Å². The molecule has 4 N–H and O–H groups in total. The smallest absolute Gasteiger partial charge is 0.351 e. The van der Waals surface area contributed by atoms with E-state index in [4.69, 9.17) is 13.2 Å². The van der Waals surface area contributed by atoms with Gasteiger partial charge in [0.25, 0.3) is 0 Å². The molecule has 1 aromatic rings. The van der Waals surface area contributed by atoms with Crippen molar-refractivity contribution in [3.05, 3.63) is 22.5 Å². The Morgan fingerprint density at radius 3 is 2.95 bits per heavy atom. The third-order valence-electron chi connectivity index (χ3n) is 3.01. The number of rotatable bonds is 2. The first-order valence-corrected chi connectivity index (χ1v) is 5.87. The molecule has 22 heavy (non-hydrogen) atoms. The number of aromatic nitrogens is 2. The number of hydrogen-bond acceptors (Lipinski definition) is 6. The Morgan fingerprint density at radius 2 is 2.36 bits per heavy atom. The minimum Gasteiger partial charge on any atom is -0.394 e. The molecular formula is C12H12F3N3O4. The van der Waals surface area contributed by atoms with Crippen molar-refractivity contribution < 1.29 is 30.9 Å². The number of nitrogens with two attached hydrogens (primary N) is 1. The molecule has 0 amide bonds. The molecule has 2 heterocycles. The molecule has 0 spiro atoms. The van der Waals surface area contributed by atoms with Gasteiger partial charge in [0.2, 0.25) is 5.67 Å². The van der Waals surface area contributed by atoms with E-state index in [9.17, 15) is 23.8 Å². The van der Waals surface area contributed by atoms with Gasteiger partial charge in [0.15, 0.2) is 17.9 Å². The summed E-state index contributed by atoms with van der Waals surface area (Å²) in [6.45, 7) is -4.54. The maximum absolute atomic E-state index is 15.1. The van der Waals surface area contributed by atoms with E-state index in [1.54, 1.807) is 11.8 Å². The number of anilines is 1. The fourth-order valence-corrected chi connectivity index (χ4v) is 1.98. The van der Waals surface area contributed by atoms with Gasteiger partial charge >= 0.3 is 5.69 Å². The standard InChI is InChI=1S/C12H12F3N3O4/c13-3-1-2-12(15)8(20)7(5-19)22-10(12)18-4-6(14)9(16)17-11(18)21/h4,7-8,10,19-20H,3,5H2,(H2,16,17,21)/t7-,8+,10-,12?/m1/s1/i5D2. The lowest BCUT2D eigenvalue weighted by molar-refractivity contribution is -0.0546. The summed E-state index contributed by atoms with van der Waals surface area (Å²) in [4.78, 5) is 14.9. The van der Waals surface area contributed by atoms with E-state index in [2.05, 4.69) is 4.98 Å². The van der Waals surface area contributed by atoms with Crippen molar-refractivity contribution in [1.29, 1.82) is 0 Å². The van der Waals surface area contributed by atoms with E-state index >= 15 is 4.39 Å². The molecule has 1 unspecified atom stereocenters. The molecule has 1 saturated heterocycles. The number of nitrogen functional groups attached to an aromatic ring is 1. The number of aliphatic hydroxyl groups excluding tert-OH is 1. The largest absolute Gasteiger partial charge is 0.394 e. The Bertz CT molecular complexity index is 761. The molecule has 0 bridgehead atoms. The average molecular weight is 321 g/mol. The molecule has 4 atom stereocenters. The van der Waals surface area contributed by atoms with Crippen LogP contribution in [0, 0.1) is 17.7 Å². The Hall–Kier alpha value is -2.09. The molecule has 0 aromatic carbocycles. The van der Waals surface area contributed by atoms with Crippen LogP contribution < -0.4 is 11.4 Å². The lowest BCUT2D eigenvalue weighted by atomic mass is 9.96. The SMILES string of the molecule is [2H]C([2H])(O)[C@H]1O[C@@H](n2cc(F)c(N)nc2=O)C(F)(C#CCF)[C@H]1O. The Balaban J connectivity index is 2.62. The lowest BCUT2D eigenvalue weighted by Gasteiger charge is -2.24. The monoisotopic (exact) mass is 321 g/mol. The topological polar surface area (TPSA) is 111 Å². The Labute approximate surface area is 125 Å². The molecule has 1 aromatic heterocycles. The zero-order valence-corrected chi connectivity index (χ0v) is 10.8. The van der Waals surface area contributed by atoms with Crippen molar-refractivity contribution in [3.8, 4) is 11.8 Å². The summed E-state index contributed by atoms with van der Waals surface area (Å²) >= 11 is 0. The maximum Gasteiger partial charge on any atom is 0.351 e. The second-order valence-electron chi connectivity index (χ2n) is 4.35. The van der Waals surface area contributed by atoms with Crippen LogP contribution >= 0.6 is 0 Å². The van der Waals surface area contributed by atoms with Crippen LogP contribution in [0.2, 0.25) is 0 Å². The van der Waals surface area contributed by atoms with Crippen molar-refractivity contribution in [2.45, 2.75) is 24.1 Å². The van der Waals surface area contributed by atoms with Gasteiger partial charge in [-0.15, -0.1) is 0 Å². The summed E-state index contributed by atoms with van der Waals surface area (Å²) < 4.78 is 60.3. The van der Waals surface area contributed by atoms with E-state index in [0.29, 0.717) is 6.20 Å². The Kier molecular flexibility index (Phi) is 3.67. The molecule has 0 saturated carbocycles. The molecule has 7 nitrogen and oxygen atoms in total. The van der Waals surface area contributed by atoms with Crippen LogP contribution in [0.15, 0.2) is 11.0 Å². The van der Waals surface area contributed by atoms with Crippen LogP contribution in [0.25, 0.3) is 0 Å². The van der Waals surface area contributed by atoms with Crippen molar-refractivity contribution in [3.63, 3.8) is 0 Å². The van der Waals surface area contributed by atoms with Crippen LogP contribution in [0.4, 0.5) is 19.0 Å². The van der Waals surface area contributed by atoms with Crippen molar-refractivity contribution >= 4 is 5.82 Å². The van der Waals surface area contributed by atoms with Crippen molar-refractivity contribution in [2.24, 2.45) is 0 Å². The first kappa shape index (κ1) is 13.6. The van der Waals surface area contributed by atoms with E-state index in [0.717, 1.165) is 0 Å². The van der Waals surface area contributed by atoms with Gasteiger partial charge in [-0.3, -0.25) is 4.57 Å². The van der Waals surface area contributed by atoms with Crippen LogP contribution in [-0.2, 0) is 4.74 Å². The second-order valence-corrected chi connectivity index (χ2v) is 4.35. The number of halogens is 3. The molecule has 120 valence electrons. The van der Waals surface area contributed by atoms with Crippen molar-refractivity contribution in [2.75, 3.05) is 19.0 Å². The van der Waals surface area contributed by atoms with Crippen LogP contribution in [0.3, 0.4) is 0 Å². The average Bonchev–Trinajstić information content (AvgIpc) is 2.74. The minimum absolute atomic E-state index is 0.244. The zero-order chi connectivity index (χ0) is 18.3. The van der Waals surface area contributed by atoms with Crippen LogP contribution in [0.5, 0.6) is 0 Å². The fourth-order valence-electron chi connectivity index (χ4n) is 1.98. The van der Waals surface area contributed by atoms with E-state index < -0.39 is 54.7 Å². The normalized spacial score (nSPS) is 32.9. The van der Waals surface area contributed by atoms with Gasteiger partial charge in [-0.05, 0) is 0 Å². The molecule has 0 radical (unpaired) electrons. The van der Waals surface area contributed by atoms with Crippen LogP contribution in [-0.4, -0.2) is 50.9 Å². The van der Waals surface area contributed by atoms with Crippen LogP contribution in [0.1, 0.15) is 8.97 Å². The van der Waals surface area contributed by atoms with Gasteiger partial charge < -0.3 is 20.7 Å². The summed E-state index contributed by atoms with van der Waals surface area (Å²) in [5.41, 5.74) is 0.595. The molecule has 1 aliphatic rings. The number of ether oxygens (including phenoxy) is 1. The first-order chi connectivity index (χ1) is 11.0. The summed E-state index contributed by atoms with van der Waals surface area (Å²) in [5.74, 6) is 1.38. The van der Waals surface area contributed by atoms with E-state index in [-0.39, 0.29) is 4.57 Å². The molecule has 0 aliphatic carbocycles. The molecule has 2 rings (SSSR count). The fraction of sp³-hybridized carbons (Fsp3) is 0.500. The molecule has 1 aliphatic heterocycles. The van der Waals surface area contributed by atoms with Gasteiger partial charge in [-0.1, -0.05) is 11.8 Å². The van der Waals surface area contributed by atoms with Crippen molar-refractivity contribution in [1.82, 2.24) is 9.55 Å². The Morgan fingerprint density at radius 1 is 1.68 bits per heavy atom.